The summed E-state index contributed by atoms with van der Waals surface area (Å²) in [6.45, 7) is 0. The number of thiol groups is 1. The molecule has 0 amide bonds. The van der Waals surface area contributed by atoms with E-state index in [0.717, 1.165) is 33.0 Å². The van der Waals surface area contributed by atoms with Gasteiger partial charge in [0.05, 0.1) is 5.69 Å². The van der Waals surface area contributed by atoms with E-state index in [1.165, 1.54) is 0 Å². The van der Waals surface area contributed by atoms with Crippen molar-refractivity contribution in [3.05, 3.63) is 66.9 Å². The van der Waals surface area contributed by atoms with Gasteiger partial charge in [0.25, 0.3) is 0 Å². The van der Waals surface area contributed by atoms with E-state index in [-0.39, 0.29) is 0 Å². The first-order valence-corrected chi connectivity index (χ1v) is 6.79. The Balaban J connectivity index is 2.09. The molecular weight excluding hydrogens is 264 g/mol. The van der Waals surface area contributed by atoms with Crippen LogP contribution in [0.25, 0.3) is 22.4 Å². The van der Waals surface area contributed by atoms with Crippen LogP contribution in [0.15, 0.2) is 71.8 Å². The Morgan fingerprint density at radius 1 is 0.850 bits per heavy atom. The molecule has 0 radical (unpaired) electrons. The minimum atomic E-state index is 0.718. The molecule has 3 heteroatoms. The molecule has 0 saturated carbocycles. The molecule has 0 aliphatic carbocycles. The fourth-order valence-electron chi connectivity index (χ4n) is 2.17. The van der Waals surface area contributed by atoms with Gasteiger partial charge in [-0.3, -0.25) is 4.98 Å². The molecule has 0 aliphatic rings. The molecule has 2 nitrogen and oxygen atoms in total. The van der Waals surface area contributed by atoms with Gasteiger partial charge in [-0.1, -0.05) is 36.4 Å². The van der Waals surface area contributed by atoms with Gasteiger partial charge in [0, 0.05) is 22.3 Å². The van der Waals surface area contributed by atoms with Crippen molar-refractivity contribution in [2.24, 2.45) is 0 Å². The highest BCUT2D eigenvalue weighted by Crippen LogP contribution is 2.29. The minimum Gasteiger partial charge on any atom is -0.399 e. The zero-order chi connectivity index (χ0) is 13.9. The van der Waals surface area contributed by atoms with Crippen molar-refractivity contribution in [1.82, 2.24) is 4.98 Å². The smallest absolute Gasteiger partial charge is 0.0722 e. The lowest BCUT2D eigenvalue weighted by atomic mass is 10.0. The summed E-state index contributed by atoms with van der Waals surface area (Å²) in [7, 11) is 0. The lowest BCUT2D eigenvalue weighted by molar-refractivity contribution is 1.33. The highest BCUT2D eigenvalue weighted by molar-refractivity contribution is 7.80. The van der Waals surface area contributed by atoms with Crippen LogP contribution < -0.4 is 5.73 Å². The number of nitrogen functional groups attached to an aromatic ring is 1. The van der Waals surface area contributed by atoms with Crippen LogP contribution in [-0.4, -0.2) is 4.98 Å². The summed E-state index contributed by atoms with van der Waals surface area (Å²) < 4.78 is 0. The van der Waals surface area contributed by atoms with Crippen molar-refractivity contribution >= 4 is 18.3 Å². The highest BCUT2D eigenvalue weighted by atomic mass is 32.1. The van der Waals surface area contributed by atoms with Crippen molar-refractivity contribution < 1.29 is 0 Å². The van der Waals surface area contributed by atoms with Gasteiger partial charge >= 0.3 is 0 Å². The number of hydrogen-bond donors (Lipinski definition) is 2. The van der Waals surface area contributed by atoms with Crippen LogP contribution in [0.2, 0.25) is 0 Å². The Hall–Kier alpha value is -2.26. The molecule has 2 N–H and O–H groups in total. The molecule has 0 unspecified atom stereocenters. The third-order valence-corrected chi connectivity index (χ3v) is 3.55. The lowest BCUT2D eigenvalue weighted by Gasteiger charge is -2.08. The van der Waals surface area contributed by atoms with E-state index in [9.17, 15) is 0 Å². The molecule has 3 rings (SSSR count). The Morgan fingerprint density at radius 2 is 1.65 bits per heavy atom. The van der Waals surface area contributed by atoms with E-state index in [1.807, 2.05) is 36.4 Å². The standard InChI is InChI=1S/C17H14N2S/c18-14-8-9-19-16(11-14)13-5-3-4-12(10-13)15-6-1-2-7-17(15)20/h1-11,20H,(H2,18,19). The van der Waals surface area contributed by atoms with Gasteiger partial charge in [0.15, 0.2) is 0 Å². The number of hydrogen-bond acceptors (Lipinski definition) is 3. The van der Waals surface area contributed by atoms with E-state index >= 15 is 0 Å². The number of nitrogens with two attached hydrogens (primary N) is 1. The van der Waals surface area contributed by atoms with Crippen LogP contribution in [0.3, 0.4) is 0 Å². The Kier molecular flexibility index (Phi) is 3.44. The predicted octanol–water partition coefficient (Wildman–Crippen LogP) is 4.29. The second kappa shape index (κ2) is 5.39. The SMILES string of the molecule is Nc1ccnc(-c2cccc(-c3ccccc3S)c2)c1. The van der Waals surface area contributed by atoms with Gasteiger partial charge in [0.1, 0.15) is 0 Å². The maximum atomic E-state index is 5.82. The fourth-order valence-corrected chi connectivity index (χ4v) is 2.46. The first-order valence-electron chi connectivity index (χ1n) is 6.34. The zero-order valence-corrected chi connectivity index (χ0v) is 11.7. The molecule has 20 heavy (non-hydrogen) atoms. The summed E-state index contributed by atoms with van der Waals surface area (Å²) in [5.74, 6) is 0. The molecule has 1 heterocycles. The van der Waals surface area contributed by atoms with Crippen LogP contribution in [0.5, 0.6) is 0 Å². The van der Waals surface area contributed by atoms with E-state index in [4.69, 9.17) is 5.73 Å². The highest BCUT2D eigenvalue weighted by Gasteiger charge is 2.05. The molecule has 2 aromatic carbocycles. The molecule has 0 spiro atoms. The van der Waals surface area contributed by atoms with E-state index in [1.54, 1.807) is 12.3 Å². The van der Waals surface area contributed by atoms with E-state index in [2.05, 4.69) is 35.8 Å². The van der Waals surface area contributed by atoms with Crippen LogP contribution in [0.1, 0.15) is 0 Å². The summed E-state index contributed by atoms with van der Waals surface area (Å²) >= 11 is 4.51. The first kappa shape index (κ1) is 12.8. The molecule has 3 aromatic rings. The first-order chi connectivity index (χ1) is 9.74. The largest absolute Gasteiger partial charge is 0.399 e. The molecule has 1 aromatic heterocycles. The van der Waals surface area contributed by atoms with Crippen LogP contribution in [0, 0.1) is 0 Å². The molecule has 98 valence electrons. The Bertz CT molecular complexity index is 753. The van der Waals surface area contributed by atoms with Gasteiger partial charge in [-0.2, -0.15) is 0 Å². The maximum absolute atomic E-state index is 5.82. The molecule has 0 aliphatic heterocycles. The second-order valence-electron chi connectivity index (χ2n) is 4.57. The monoisotopic (exact) mass is 278 g/mol. The molecular formula is C17H14N2S. The van der Waals surface area contributed by atoms with Crippen molar-refractivity contribution in [1.29, 1.82) is 0 Å². The Morgan fingerprint density at radius 3 is 2.45 bits per heavy atom. The summed E-state index contributed by atoms with van der Waals surface area (Å²) in [6, 6.07) is 20.0. The number of nitrogens with zero attached hydrogens (tertiary/aromatic N) is 1. The van der Waals surface area contributed by atoms with Crippen LogP contribution in [0.4, 0.5) is 5.69 Å². The van der Waals surface area contributed by atoms with Gasteiger partial charge in [-0.25, -0.2) is 0 Å². The number of anilines is 1. The average Bonchev–Trinajstić information content (AvgIpc) is 2.48. The zero-order valence-electron chi connectivity index (χ0n) is 10.8. The third-order valence-electron chi connectivity index (χ3n) is 3.16. The number of aromatic nitrogens is 1. The Labute approximate surface area is 123 Å². The van der Waals surface area contributed by atoms with Crippen molar-refractivity contribution in [3.8, 4) is 22.4 Å². The lowest BCUT2D eigenvalue weighted by Crippen LogP contribution is -1.89. The fraction of sp³-hybridized carbons (Fsp3) is 0. The number of pyridine rings is 1. The second-order valence-corrected chi connectivity index (χ2v) is 5.05. The molecule has 0 saturated heterocycles. The quantitative estimate of drug-likeness (QED) is 0.686. The van der Waals surface area contributed by atoms with Crippen LogP contribution >= 0.6 is 12.6 Å². The minimum absolute atomic E-state index is 0.718. The molecule has 0 bridgehead atoms. The third kappa shape index (κ3) is 2.53. The van der Waals surface area contributed by atoms with Gasteiger partial charge in [-0.15, -0.1) is 12.6 Å². The number of rotatable bonds is 2. The maximum Gasteiger partial charge on any atom is 0.0722 e. The summed E-state index contributed by atoms with van der Waals surface area (Å²) in [5.41, 5.74) is 10.7. The summed E-state index contributed by atoms with van der Waals surface area (Å²) in [4.78, 5) is 5.33. The summed E-state index contributed by atoms with van der Waals surface area (Å²) in [5, 5.41) is 0. The predicted molar refractivity (Wildman–Crippen MR) is 86.8 cm³/mol. The van der Waals surface area contributed by atoms with E-state index in [0.29, 0.717) is 0 Å². The van der Waals surface area contributed by atoms with Crippen LogP contribution in [-0.2, 0) is 0 Å². The van der Waals surface area contributed by atoms with Crippen molar-refractivity contribution in [2.45, 2.75) is 4.90 Å². The number of benzene rings is 2. The van der Waals surface area contributed by atoms with E-state index < -0.39 is 0 Å². The van der Waals surface area contributed by atoms with Gasteiger partial charge in [0.2, 0.25) is 0 Å². The topological polar surface area (TPSA) is 38.9 Å². The summed E-state index contributed by atoms with van der Waals surface area (Å²) in [6.07, 6.45) is 1.73. The van der Waals surface area contributed by atoms with Crippen molar-refractivity contribution in [3.63, 3.8) is 0 Å². The molecule has 0 fully saturated rings. The van der Waals surface area contributed by atoms with Crippen molar-refractivity contribution in [2.75, 3.05) is 5.73 Å². The average molecular weight is 278 g/mol. The van der Waals surface area contributed by atoms with Gasteiger partial charge in [-0.05, 0) is 35.4 Å². The normalized spacial score (nSPS) is 10.4. The van der Waals surface area contributed by atoms with Gasteiger partial charge < -0.3 is 5.73 Å². The molecule has 0 atom stereocenters.